The molecule has 2 rings (SSSR count). The van der Waals surface area contributed by atoms with Gasteiger partial charge in [-0.3, -0.25) is 0 Å². The summed E-state index contributed by atoms with van der Waals surface area (Å²) in [4.78, 5) is 4.50. The molecule has 1 aromatic carbocycles. The Bertz CT molecular complexity index is 491. The van der Waals surface area contributed by atoms with Crippen molar-refractivity contribution in [3.63, 3.8) is 0 Å². The Morgan fingerprint density at radius 2 is 2.00 bits per heavy atom. The minimum Gasteiger partial charge on any atom is -0.478 e. The van der Waals surface area contributed by atoms with Gasteiger partial charge in [-0.1, -0.05) is 18.2 Å². The van der Waals surface area contributed by atoms with Crippen LogP contribution in [0.2, 0.25) is 0 Å². The highest BCUT2D eigenvalue weighted by molar-refractivity contribution is 5.85. The maximum Gasteiger partial charge on any atom is 0.214 e. The van der Waals surface area contributed by atoms with Crippen molar-refractivity contribution < 1.29 is 4.74 Å². The predicted molar refractivity (Wildman–Crippen MR) is 62.4 cm³/mol. The van der Waals surface area contributed by atoms with Crippen LogP contribution < -0.4 is 4.74 Å². The highest BCUT2D eigenvalue weighted by Crippen LogP contribution is 2.23. The summed E-state index contributed by atoms with van der Waals surface area (Å²) in [6.07, 6.45) is 0. The number of aromatic nitrogens is 1. The van der Waals surface area contributed by atoms with E-state index in [0.717, 1.165) is 11.4 Å². The minimum atomic E-state index is 0.657. The molecule has 15 heavy (non-hydrogen) atoms. The van der Waals surface area contributed by atoms with Crippen LogP contribution in [0.4, 0.5) is 0 Å². The lowest BCUT2D eigenvalue weighted by Crippen LogP contribution is -1.96. The Balaban J connectivity index is 2.68. The van der Waals surface area contributed by atoms with E-state index in [1.165, 1.54) is 16.5 Å². The Morgan fingerprint density at radius 1 is 1.20 bits per heavy atom. The highest BCUT2D eigenvalue weighted by Gasteiger charge is 2.04. The number of rotatable bonds is 2. The molecule has 78 valence electrons. The van der Waals surface area contributed by atoms with Crippen molar-refractivity contribution >= 4 is 10.9 Å². The lowest BCUT2D eigenvalue weighted by molar-refractivity contribution is 0.328. The molecule has 0 unspecified atom stereocenters. The van der Waals surface area contributed by atoms with Gasteiger partial charge in [0.15, 0.2) is 0 Å². The van der Waals surface area contributed by atoms with Crippen molar-refractivity contribution in [3.05, 3.63) is 35.4 Å². The highest BCUT2D eigenvalue weighted by atomic mass is 16.5. The summed E-state index contributed by atoms with van der Waals surface area (Å²) in [5.41, 5.74) is 3.45. The summed E-state index contributed by atoms with van der Waals surface area (Å²) in [6.45, 7) is 6.79. The van der Waals surface area contributed by atoms with E-state index in [-0.39, 0.29) is 0 Å². The van der Waals surface area contributed by atoms with E-state index < -0.39 is 0 Å². The number of hydrogen-bond acceptors (Lipinski definition) is 2. The molecule has 0 saturated heterocycles. The first-order valence-electron chi connectivity index (χ1n) is 5.22. The van der Waals surface area contributed by atoms with E-state index in [1.807, 2.05) is 13.0 Å². The maximum absolute atomic E-state index is 5.44. The summed E-state index contributed by atoms with van der Waals surface area (Å²) in [5, 5.41) is 1.21. The van der Waals surface area contributed by atoms with Crippen molar-refractivity contribution in [3.8, 4) is 5.88 Å². The molecule has 0 spiro atoms. The largest absolute Gasteiger partial charge is 0.478 e. The van der Waals surface area contributed by atoms with Crippen LogP contribution in [0.1, 0.15) is 18.1 Å². The fourth-order valence-electron chi connectivity index (χ4n) is 1.75. The quantitative estimate of drug-likeness (QED) is 0.744. The zero-order valence-corrected chi connectivity index (χ0v) is 9.37. The van der Waals surface area contributed by atoms with E-state index in [0.29, 0.717) is 6.61 Å². The molecule has 0 radical (unpaired) electrons. The molecule has 1 aromatic heterocycles. The summed E-state index contributed by atoms with van der Waals surface area (Å²) in [6, 6.07) is 8.23. The van der Waals surface area contributed by atoms with Crippen molar-refractivity contribution in [2.45, 2.75) is 20.8 Å². The predicted octanol–water partition coefficient (Wildman–Crippen LogP) is 3.25. The van der Waals surface area contributed by atoms with Gasteiger partial charge in [-0.15, -0.1) is 0 Å². The van der Waals surface area contributed by atoms with Crippen LogP contribution in [0.5, 0.6) is 5.88 Å². The first-order valence-corrected chi connectivity index (χ1v) is 5.22. The lowest BCUT2D eigenvalue weighted by Gasteiger charge is -2.08. The molecule has 0 bridgehead atoms. The standard InChI is InChI=1S/C13H15NO/c1-4-15-12-8-10(3)11-7-5-6-9(2)13(11)14-12/h5-8H,4H2,1-3H3. The van der Waals surface area contributed by atoms with E-state index in [4.69, 9.17) is 4.74 Å². The van der Waals surface area contributed by atoms with Gasteiger partial charge in [0.05, 0.1) is 12.1 Å². The number of aryl methyl sites for hydroxylation is 2. The zero-order chi connectivity index (χ0) is 10.8. The third-order valence-electron chi connectivity index (χ3n) is 2.52. The van der Waals surface area contributed by atoms with Crippen molar-refractivity contribution in [2.24, 2.45) is 0 Å². The fourth-order valence-corrected chi connectivity index (χ4v) is 1.75. The molecule has 0 aliphatic heterocycles. The number of fused-ring (bicyclic) bond motifs is 1. The summed E-state index contributed by atoms with van der Waals surface area (Å²) < 4.78 is 5.44. The van der Waals surface area contributed by atoms with Crippen molar-refractivity contribution in [1.82, 2.24) is 4.98 Å². The van der Waals surface area contributed by atoms with Crippen molar-refractivity contribution in [1.29, 1.82) is 0 Å². The SMILES string of the molecule is CCOc1cc(C)c2cccc(C)c2n1. The monoisotopic (exact) mass is 201 g/mol. The molecule has 0 atom stereocenters. The average Bonchev–Trinajstić information content (AvgIpc) is 2.20. The van der Waals surface area contributed by atoms with Gasteiger partial charge in [0.1, 0.15) is 0 Å². The molecular formula is C13H15NO. The van der Waals surface area contributed by atoms with Gasteiger partial charge in [-0.25, -0.2) is 4.98 Å². The number of nitrogens with zero attached hydrogens (tertiary/aromatic N) is 1. The third-order valence-corrected chi connectivity index (χ3v) is 2.52. The number of benzene rings is 1. The topological polar surface area (TPSA) is 22.1 Å². The van der Waals surface area contributed by atoms with Gasteiger partial charge in [0.2, 0.25) is 5.88 Å². The van der Waals surface area contributed by atoms with Crippen LogP contribution in [0, 0.1) is 13.8 Å². The number of ether oxygens (including phenoxy) is 1. The van der Waals surface area contributed by atoms with Crippen LogP contribution in [0.25, 0.3) is 10.9 Å². The van der Waals surface area contributed by atoms with Crippen LogP contribution in [-0.4, -0.2) is 11.6 Å². The lowest BCUT2D eigenvalue weighted by atomic mass is 10.1. The van der Waals surface area contributed by atoms with E-state index in [9.17, 15) is 0 Å². The zero-order valence-electron chi connectivity index (χ0n) is 9.37. The van der Waals surface area contributed by atoms with E-state index in [1.54, 1.807) is 0 Å². The number of pyridine rings is 1. The Kier molecular flexibility index (Phi) is 2.58. The van der Waals surface area contributed by atoms with Gasteiger partial charge in [-0.2, -0.15) is 0 Å². The average molecular weight is 201 g/mol. The van der Waals surface area contributed by atoms with Gasteiger partial charge in [-0.05, 0) is 31.9 Å². The second-order valence-electron chi connectivity index (χ2n) is 3.68. The van der Waals surface area contributed by atoms with Crippen LogP contribution in [0.3, 0.4) is 0 Å². The second-order valence-corrected chi connectivity index (χ2v) is 3.68. The summed E-state index contributed by atoms with van der Waals surface area (Å²) >= 11 is 0. The van der Waals surface area contributed by atoms with Gasteiger partial charge in [0.25, 0.3) is 0 Å². The maximum atomic E-state index is 5.44. The normalized spacial score (nSPS) is 10.6. The Labute approximate surface area is 89.9 Å². The van der Waals surface area contributed by atoms with Crippen LogP contribution in [0.15, 0.2) is 24.3 Å². The van der Waals surface area contributed by atoms with Gasteiger partial charge in [0, 0.05) is 11.5 Å². The molecule has 0 fully saturated rings. The smallest absolute Gasteiger partial charge is 0.214 e. The van der Waals surface area contributed by atoms with Gasteiger partial charge < -0.3 is 4.74 Å². The summed E-state index contributed by atoms with van der Waals surface area (Å²) in [5.74, 6) is 0.719. The number of para-hydroxylation sites is 1. The van der Waals surface area contributed by atoms with Crippen molar-refractivity contribution in [2.75, 3.05) is 6.61 Å². The van der Waals surface area contributed by atoms with Gasteiger partial charge >= 0.3 is 0 Å². The summed E-state index contributed by atoms with van der Waals surface area (Å²) in [7, 11) is 0. The second kappa shape index (κ2) is 3.89. The Hall–Kier alpha value is -1.57. The molecule has 0 aliphatic carbocycles. The van der Waals surface area contributed by atoms with E-state index >= 15 is 0 Å². The molecule has 1 heterocycles. The molecule has 2 aromatic rings. The van der Waals surface area contributed by atoms with E-state index in [2.05, 4.69) is 37.0 Å². The molecule has 0 saturated carbocycles. The first-order chi connectivity index (χ1) is 7.22. The number of hydrogen-bond donors (Lipinski definition) is 0. The molecular weight excluding hydrogens is 186 g/mol. The molecule has 0 amide bonds. The minimum absolute atomic E-state index is 0.657. The molecule has 0 aliphatic rings. The third kappa shape index (κ3) is 1.80. The molecule has 0 N–H and O–H groups in total. The fraction of sp³-hybridized carbons (Fsp3) is 0.308. The molecule has 2 heteroatoms. The van der Waals surface area contributed by atoms with Crippen LogP contribution >= 0.6 is 0 Å². The molecule has 2 nitrogen and oxygen atoms in total. The Morgan fingerprint density at radius 3 is 2.73 bits per heavy atom. The first kappa shape index (κ1) is 9.97. The van der Waals surface area contributed by atoms with Crippen LogP contribution in [-0.2, 0) is 0 Å².